The highest BCUT2D eigenvalue weighted by Crippen LogP contribution is 2.38. The number of carbonyl (C=O) groups excluding carboxylic acids is 1. The third kappa shape index (κ3) is 5.21. The monoisotopic (exact) mass is 497 g/mol. The minimum atomic E-state index is -3.48. The van der Waals surface area contributed by atoms with E-state index in [2.05, 4.69) is 5.32 Å². The zero-order valence-electron chi connectivity index (χ0n) is 31.3. The third-order valence-electron chi connectivity index (χ3n) is 5.14. The Morgan fingerprint density at radius 2 is 1.91 bits per heavy atom. The van der Waals surface area contributed by atoms with Crippen molar-refractivity contribution in [2.75, 3.05) is 6.54 Å². The Morgan fingerprint density at radius 1 is 1.19 bits per heavy atom. The number of carbonyl (C=O) groups is 1. The molecule has 7 nitrogen and oxygen atoms in total. The van der Waals surface area contributed by atoms with Crippen molar-refractivity contribution in [1.29, 1.82) is 0 Å². The van der Waals surface area contributed by atoms with E-state index in [0.717, 1.165) is 19.1 Å². The maximum atomic E-state index is 14.9. The van der Waals surface area contributed by atoms with Gasteiger partial charge in [0.2, 0.25) is 12.2 Å². The van der Waals surface area contributed by atoms with Gasteiger partial charge >= 0.3 is 0 Å². The van der Waals surface area contributed by atoms with E-state index in [1.165, 1.54) is 37.3 Å². The van der Waals surface area contributed by atoms with Gasteiger partial charge in [0.1, 0.15) is 29.9 Å². The number of hydrogen-bond donors (Lipinski definition) is 4. The fraction of sp³-hybridized carbons (Fsp3) is 0.409. The summed E-state index contributed by atoms with van der Waals surface area (Å²) in [5, 5.41) is 32.0. The first kappa shape index (κ1) is 16.0. The highest BCUT2D eigenvalue weighted by molar-refractivity contribution is 5.73. The molecule has 1 aliphatic heterocycles. The van der Waals surface area contributed by atoms with E-state index < -0.39 is 60.5 Å². The molecule has 3 rings (SSSR count). The molecule has 0 bridgehead atoms. The van der Waals surface area contributed by atoms with Crippen LogP contribution < -0.4 is 10.1 Å². The smallest absolute Gasteiger partial charge is 0.290 e. The predicted octanol–water partition coefficient (Wildman–Crippen LogP) is 3.65. The average Bonchev–Trinajstić information content (AvgIpc) is 3.11. The van der Waals surface area contributed by atoms with Crippen molar-refractivity contribution >= 4 is 5.91 Å². The summed E-state index contributed by atoms with van der Waals surface area (Å²) >= 11 is 0. The molecule has 0 aliphatic carbocycles. The number of rotatable bonds is 6. The maximum absolute atomic E-state index is 14.9. The summed E-state index contributed by atoms with van der Waals surface area (Å²) in [4.78, 5) is 11.1. The van der Waals surface area contributed by atoms with Gasteiger partial charge in [0.25, 0.3) is 5.92 Å². The molecule has 2 aromatic rings. The van der Waals surface area contributed by atoms with E-state index in [-0.39, 0.29) is 16.9 Å². The summed E-state index contributed by atoms with van der Waals surface area (Å²) in [5.74, 6) is -4.75. The van der Waals surface area contributed by atoms with Gasteiger partial charge in [0.05, 0.1) is 12.6 Å². The topological polar surface area (TPSA) is 108 Å². The second-order valence-electron chi connectivity index (χ2n) is 7.63. The van der Waals surface area contributed by atoms with Crippen LogP contribution in [0.5, 0.6) is 5.75 Å². The molecule has 32 heavy (non-hydrogen) atoms. The lowest BCUT2D eigenvalue weighted by Crippen LogP contribution is -2.58. The molecule has 0 saturated carbocycles. The van der Waals surface area contributed by atoms with Crippen LogP contribution in [0.15, 0.2) is 42.5 Å². The third-order valence-corrected chi connectivity index (χ3v) is 5.14. The zero-order chi connectivity index (χ0) is 37.6. The lowest BCUT2D eigenvalue weighted by Gasteiger charge is -2.39. The van der Waals surface area contributed by atoms with Crippen molar-refractivity contribution in [3.8, 4) is 16.9 Å². The first-order chi connectivity index (χ1) is 22.0. The van der Waals surface area contributed by atoms with Crippen LogP contribution in [0.4, 0.5) is 13.2 Å². The van der Waals surface area contributed by atoms with E-state index in [9.17, 15) is 33.3 Å². The average molecular weight is 498 g/mol. The molecule has 188 valence electrons. The molecule has 1 amide bonds. The predicted molar refractivity (Wildman–Crippen MR) is 122 cm³/mol. The van der Waals surface area contributed by atoms with Crippen LogP contribution in [0.2, 0.25) is 0 Å². The van der Waals surface area contributed by atoms with Crippen molar-refractivity contribution < 1.29 is 63.5 Å². The van der Waals surface area contributed by atoms with E-state index in [0.29, 0.717) is 0 Å². The maximum Gasteiger partial charge on any atom is 0.290 e. The van der Waals surface area contributed by atoms with Gasteiger partial charge in [0, 0.05) is 33.3 Å². The fourth-order valence-electron chi connectivity index (χ4n) is 3.39. The lowest BCUT2D eigenvalue weighted by molar-refractivity contribution is -0.268. The first-order valence-corrected chi connectivity index (χ1v) is 9.88. The molecule has 4 N–H and O–H groups in total. The highest BCUT2D eigenvalue weighted by atomic mass is 19.3. The van der Waals surface area contributed by atoms with E-state index in [1.54, 1.807) is 0 Å². The molecule has 0 unspecified atom stereocenters. The second-order valence-corrected chi connectivity index (χ2v) is 7.63. The molecule has 2 aromatic carbocycles. The number of alkyl halides is 2. The molecule has 1 fully saturated rings. The van der Waals surface area contributed by atoms with Crippen molar-refractivity contribution in [1.82, 2.24) is 5.32 Å². The standard InChI is InChI=1S/C22H24F3NO6.7H2/c1-11-18(28)19(29)20(30)21(31-11)32-15-6-7-17(22(24,25)10-26-12(2)27)16(9-15)13-4-3-5-14(23)8-13;;;;;;;/h3-9,11,18-21,28-30H,10H2,1-2H3,(H,26,27);7*1H/t11-,18-,19+,20+,21-;;;;;;;/m0......./s1/i;7*1+2T. The Balaban J connectivity index is -0.000000354. The minimum Gasteiger partial charge on any atom is -0.462 e. The summed E-state index contributed by atoms with van der Waals surface area (Å²) in [7, 11) is 0. The molecule has 5 atom stereocenters. The summed E-state index contributed by atoms with van der Waals surface area (Å²) in [6.45, 7) is 1.62. The number of nitrogens with one attached hydrogen (secondary N) is 1. The van der Waals surface area contributed by atoms with Gasteiger partial charge in [-0.15, -0.1) is 0 Å². The van der Waals surface area contributed by atoms with Gasteiger partial charge in [-0.05, 0) is 48.4 Å². The van der Waals surface area contributed by atoms with Crippen LogP contribution in [0, 0.1) is 5.82 Å². The molecular weight excluding hydrogens is 431 g/mol. The van der Waals surface area contributed by atoms with Gasteiger partial charge in [-0.3, -0.25) is 4.79 Å². The molecular formula is C22H38F3NO6. The van der Waals surface area contributed by atoms with Gasteiger partial charge in [-0.1, -0.05) is 12.1 Å². The quantitative estimate of drug-likeness (QED) is 0.485. The SMILES string of the molecule is CC(=O)NCC(F)(F)c1ccc(O[C@@H]2O[C@@H](C)[C@H](O)[C@@H](O)[C@H]2O)cc1-c1cccc(F)c1.[3H][3H].[3H][3H].[3H][3H].[3H][3H].[3H][3H].[3H][3H].[3H][3H]. The molecule has 10 heteroatoms. The van der Waals surface area contributed by atoms with Crippen LogP contribution in [-0.4, -0.2) is 58.5 Å². The summed E-state index contributed by atoms with van der Waals surface area (Å²) in [5.41, 5.74) is -0.392. The zero-order valence-corrected chi connectivity index (χ0v) is 17.3. The van der Waals surface area contributed by atoms with Crippen molar-refractivity contribution in [2.24, 2.45) is 0 Å². The molecule has 0 spiro atoms. The Labute approximate surface area is 204 Å². The first-order valence-electron chi connectivity index (χ1n) is 16.9. The Kier molecular flexibility index (Phi) is 4.74. The summed E-state index contributed by atoms with van der Waals surface area (Å²) in [6, 6.07) is 8.55. The molecule has 1 saturated heterocycles. The largest absolute Gasteiger partial charge is 0.462 e. The van der Waals surface area contributed by atoms with Crippen LogP contribution >= 0.6 is 0 Å². The Bertz CT molecular complexity index is 1010. The van der Waals surface area contributed by atoms with Crippen LogP contribution in [-0.2, 0) is 15.5 Å². The van der Waals surface area contributed by atoms with Crippen molar-refractivity contribution in [3.05, 3.63) is 53.8 Å². The van der Waals surface area contributed by atoms with Gasteiger partial charge in [-0.25, -0.2) is 4.39 Å². The lowest BCUT2D eigenvalue weighted by atomic mass is 9.95. The number of halogens is 3. The van der Waals surface area contributed by atoms with Crippen molar-refractivity contribution in [3.63, 3.8) is 0 Å². The van der Waals surface area contributed by atoms with Crippen LogP contribution in [0.25, 0.3) is 11.1 Å². The second kappa shape index (κ2) is 9.45. The van der Waals surface area contributed by atoms with Gasteiger partial charge in [0.15, 0.2) is 0 Å². The number of ether oxygens (including phenoxy) is 2. The van der Waals surface area contributed by atoms with Gasteiger partial charge in [-0.2, -0.15) is 8.78 Å². The minimum absolute atomic E-state index is 0.00294. The number of aliphatic hydroxyl groups is 3. The molecule has 1 aliphatic rings. The molecule has 0 radical (unpaired) electrons. The number of hydrogen-bond acceptors (Lipinski definition) is 6. The number of benzene rings is 2. The summed E-state index contributed by atoms with van der Waals surface area (Å²) in [6.07, 6.45) is -6.70. The van der Waals surface area contributed by atoms with Gasteiger partial charge < -0.3 is 30.1 Å². The van der Waals surface area contributed by atoms with E-state index in [4.69, 9.17) is 30.3 Å². The highest BCUT2D eigenvalue weighted by Gasteiger charge is 2.43. The molecule has 0 aromatic heterocycles. The normalized spacial score (nSPS) is 27.7. The number of amides is 1. The van der Waals surface area contributed by atoms with Crippen molar-refractivity contribution in [2.45, 2.75) is 50.5 Å². The molecule has 1 heterocycles. The van der Waals surface area contributed by atoms with E-state index >= 15 is 0 Å². The van der Waals surface area contributed by atoms with E-state index in [1.807, 2.05) is 0 Å². The Hall–Kier alpha value is -2.66. The van der Waals surface area contributed by atoms with Crippen LogP contribution in [0.1, 0.15) is 40.2 Å². The fourth-order valence-corrected chi connectivity index (χ4v) is 3.39. The number of aliphatic hydroxyl groups excluding tert-OH is 3. The summed E-state index contributed by atoms with van der Waals surface area (Å²) < 4.78 is 125. The van der Waals surface area contributed by atoms with Crippen LogP contribution in [0.3, 0.4) is 0 Å². The Morgan fingerprint density at radius 3 is 2.56 bits per heavy atom.